The number of amides is 1. The molecule has 1 fully saturated rings. The lowest BCUT2D eigenvalue weighted by molar-refractivity contribution is -0.138. The number of hydrogen-bond acceptors (Lipinski definition) is 5. The molecule has 1 amide bonds. The third-order valence-corrected chi connectivity index (χ3v) is 5.50. The maximum Gasteiger partial charge on any atom is 0.228 e. The van der Waals surface area contributed by atoms with Crippen LogP contribution in [0, 0.1) is 0 Å². The topological polar surface area (TPSA) is 51.7 Å². The molecule has 1 saturated heterocycles. The molecule has 0 aliphatic carbocycles. The van der Waals surface area contributed by atoms with Crippen molar-refractivity contribution in [3.8, 4) is 5.75 Å². The fraction of sp³-hybridized carbons (Fsp3) is 0.273. The Labute approximate surface area is 168 Å². The lowest BCUT2D eigenvalue weighted by atomic mass is 10.1. The molecule has 0 bridgehead atoms. The Balaban J connectivity index is 1.31. The van der Waals surface area contributed by atoms with Crippen molar-refractivity contribution in [2.24, 2.45) is 0 Å². The third-order valence-electron chi connectivity index (χ3n) is 4.63. The Kier molecular flexibility index (Phi) is 5.99. The minimum atomic E-state index is -0.0656. The molecule has 3 aromatic rings. The van der Waals surface area contributed by atoms with Crippen molar-refractivity contribution in [1.82, 2.24) is 9.88 Å². The van der Waals surface area contributed by atoms with Gasteiger partial charge in [-0.3, -0.25) is 4.79 Å². The number of ether oxygens (including phenoxy) is 2. The molecule has 5 nitrogen and oxygen atoms in total. The Morgan fingerprint density at radius 2 is 1.89 bits per heavy atom. The van der Waals surface area contributed by atoms with Gasteiger partial charge in [-0.15, -0.1) is 11.3 Å². The van der Waals surface area contributed by atoms with Gasteiger partial charge in [0.15, 0.2) is 0 Å². The summed E-state index contributed by atoms with van der Waals surface area (Å²) in [6.07, 6.45) is 0.243. The highest BCUT2D eigenvalue weighted by Gasteiger charge is 2.25. The van der Waals surface area contributed by atoms with E-state index < -0.39 is 0 Å². The highest BCUT2D eigenvalue weighted by Crippen LogP contribution is 2.23. The molecule has 2 heterocycles. The van der Waals surface area contributed by atoms with E-state index in [0.29, 0.717) is 32.7 Å². The number of aromatic nitrogens is 1. The zero-order chi connectivity index (χ0) is 19.2. The number of thiazole rings is 1. The van der Waals surface area contributed by atoms with Gasteiger partial charge in [-0.25, -0.2) is 4.98 Å². The van der Waals surface area contributed by atoms with Gasteiger partial charge in [-0.2, -0.15) is 0 Å². The van der Waals surface area contributed by atoms with Crippen LogP contribution in [0.25, 0.3) is 0 Å². The van der Waals surface area contributed by atoms with E-state index in [9.17, 15) is 4.79 Å². The van der Waals surface area contributed by atoms with Crippen molar-refractivity contribution < 1.29 is 14.3 Å². The summed E-state index contributed by atoms with van der Waals surface area (Å²) >= 11 is 1.52. The quantitative estimate of drug-likeness (QED) is 0.637. The Morgan fingerprint density at radius 1 is 1.14 bits per heavy atom. The van der Waals surface area contributed by atoms with Crippen LogP contribution in [-0.4, -0.2) is 35.5 Å². The van der Waals surface area contributed by atoms with Crippen molar-refractivity contribution in [2.45, 2.75) is 19.1 Å². The van der Waals surface area contributed by atoms with Crippen LogP contribution >= 0.6 is 11.3 Å². The summed E-state index contributed by atoms with van der Waals surface area (Å²) in [4.78, 5) is 19.2. The third kappa shape index (κ3) is 4.77. The number of hydrogen-bond donors (Lipinski definition) is 0. The maximum atomic E-state index is 12.7. The first kappa shape index (κ1) is 18.7. The van der Waals surface area contributed by atoms with E-state index in [-0.39, 0.29) is 12.0 Å². The predicted octanol–water partition coefficient (Wildman–Crippen LogP) is 3.86. The molecular weight excluding hydrogens is 372 g/mol. The van der Waals surface area contributed by atoms with E-state index in [1.807, 2.05) is 70.9 Å². The second kappa shape index (κ2) is 8.99. The number of benzene rings is 2. The predicted molar refractivity (Wildman–Crippen MR) is 108 cm³/mol. The lowest BCUT2D eigenvalue weighted by Gasteiger charge is -2.33. The van der Waals surface area contributed by atoms with Gasteiger partial charge in [0.05, 0.1) is 25.3 Å². The Hall–Kier alpha value is -2.70. The van der Waals surface area contributed by atoms with Gasteiger partial charge >= 0.3 is 0 Å². The molecule has 1 aromatic heterocycles. The Bertz CT molecular complexity index is 898. The van der Waals surface area contributed by atoms with Gasteiger partial charge in [0.1, 0.15) is 23.5 Å². The molecule has 0 saturated carbocycles. The molecule has 1 aliphatic rings. The van der Waals surface area contributed by atoms with Crippen LogP contribution in [-0.2, 0) is 22.6 Å². The summed E-state index contributed by atoms with van der Waals surface area (Å²) in [6, 6.07) is 19.7. The number of nitrogens with zero attached hydrogens (tertiary/aromatic N) is 2. The van der Waals surface area contributed by atoms with Gasteiger partial charge < -0.3 is 14.4 Å². The minimum Gasteiger partial charge on any atom is -0.486 e. The zero-order valence-electron chi connectivity index (χ0n) is 15.5. The van der Waals surface area contributed by atoms with Crippen LogP contribution < -0.4 is 4.74 Å². The molecule has 0 N–H and O–H groups in total. The first-order chi connectivity index (χ1) is 13.8. The van der Waals surface area contributed by atoms with Gasteiger partial charge in [-0.1, -0.05) is 48.5 Å². The standard InChI is InChI=1S/C22H22N2O3S/c25-22(24-11-12-26-20(14-24)17-7-3-1-4-8-17)13-18-16-28-21(23-18)15-27-19-9-5-2-6-10-19/h1-10,16,20H,11-15H2. The van der Waals surface area contributed by atoms with Crippen molar-refractivity contribution in [2.75, 3.05) is 19.7 Å². The summed E-state index contributed by atoms with van der Waals surface area (Å²) in [5.41, 5.74) is 1.90. The highest BCUT2D eigenvalue weighted by atomic mass is 32.1. The van der Waals surface area contributed by atoms with Crippen LogP contribution in [0.5, 0.6) is 5.75 Å². The highest BCUT2D eigenvalue weighted by molar-refractivity contribution is 7.09. The average molecular weight is 394 g/mol. The van der Waals surface area contributed by atoms with E-state index in [1.165, 1.54) is 11.3 Å². The summed E-state index contributed by atoms with van der Waals surface area (Å²) < 4.78 is 11.6. The van der Waals surface area contributed by atoms with E-state index in [0.717, 1.165) is 22.0 Å². The van der Waals surface area contributed by atoms with Crippen LogP contribution in [0.1, 0.15) is 22.4 Å². The largest absolute Gasteiger partial charge is 0.486 e. The molecule has 0 spiro atoms. The van der Waals surface area contributed by atoms with Crippen LogP contribution in [0.3, 0.4) is 0 Å². The zero-order valence-corrected chi connectivity index (χ0v) is 16.3. The van der Waals surface area contributed by atoms with Gasteiger partial charge in [0, 0.05) is 11.9 Å². The fourth-order valence-corrected chi connectivity index (χ4v) is 3.88. The fourth-order valence-electron chi connectivity index (χ4n) is 3.17. The number of rotatable bonds is 6. The number of carbonyl (C=O) groups is 1. The Morgan fingerprint density at radius 3 is 2.68 bits per heavy atom. The molecule has 1 aliphatic heterocycles. The SMILES string of the molecule is O=C(Cc1csc(COc2ccccc2)n1)N1CCOC(c2ccccc2)C1. The van der Waals surface area contributed by atoms with Crippen LogP contribution in [0.4, 0.5) is 0 Å². The van der Waals surface area contributed by atoms with Crippen LogP contribution in [0.2, 0.25) is 0 Å². The monoisotopic (exact) mass is 394 g/mol. The van der Waals surface area contributed by atoms with Gasteiger partial charge in [-0.05, 0) is 17.7 Å². The molecule has 28 heavy (non-hydrogen) atoms. The van der Waals surface area contributed by atoms with Crippen LogP contribution in [0.15, 0.2) is 66.0 Å². The maximum absolute atomic E-state index is 12.7. The molecule has 144 valence electrons. The molecule has 1 unspecified atom stereocenters. The molecule has 1 atom stereocenters. The van der Waals surface area contributed by atoms with E-state index in [1.54, 1.807) is 0 Å². The molecule has 4 rings (SSSR count). The van der Waals surface area contributed by atoms with E-state index in [4.69, 9.17) is 9.47 Å². The van der Waals surface area contributed by atoms with E-state index >= 15 is 0 Å². The lowest BCUT2D eigenvalue weighted by Crippen LogP contribution is -2.43. The van der Waals surface area contributed by atoms with Crippen molar-refractivity contribution >= 4 is 17.2 Å². The average Bonchev–Trinajstić information content (AvgIpc) is 3.21. The minimum absolute atomic E-state index is 0.0656. The van der Waals surface area contributed by atoms with E-state index in [2.05, 4.69) is 4.98 Å². The second-order valence-corrected chi connectivity index (χ2v) is 7.56. The number of carbonyl (C=O) groups excluding carboxylic acids is 1. The first-order valence-corrected chi connectivity index (χ1v) is 10.2. The first-order valence-electron chi connectivity index (χ1n) is 9.33. The molecule has 0 radical (unpaired) electrons. The molecular formula is C22H22N2O3S. The molecule has 6 heteroatoms. The van der Waals surface area contributed by atoms with Crippen molar-refractivity contribution in [1.29, 1.82) is 0 Å². The normalized spacial score (nSPS) is 16.7. The number of para-hydroxylation sites is 1. The van der Waals surface area contributed by atoms with Gasteiger partial charge in [0.2, 0.25) is 5.91 Å². The summed E-state index contributed by atoms with van der Waals surface area (Å²) in [6.45, 7) is 2.17. The summed E-state index contributed by atoms with van der Waals surface area (Å²) in [5.74, 6) is 0.903. The van der Waals surface area contributed by atoms with Crippen molar-refractivity contribution in [3.63, 3.8) is 0 Å². The number of morpholine rings is 1. The van der Waals surface area contributed by atoms with Crippen molar-refractivity contribution in [3.05, 3.63) is 82.3 Å². The summed E-state index contributed by atoms with van der Waals surface area (Å²) in [7, 11) is 0. The second-order valence-electron chi connectivity index (χ2n) is 6.62. The van der Waals surface area contributed by atoms with Gasteiger partial charge in [0.25, 0.3) is 0 Å². The molecule has 2 aromatic carbocycles. The smallest absolute Gasteiger partial charge is 0.228 e. The summed E-state index contributed by atoms with van der Waals surface area (Å²) in [5, 5.41) is 2.81.